The molecule has 1 N–H and O–H groups in total. The zero-order valence-corrected chi connectivity index (χ0v) is 12.4. The lowest BCUT2D eigenvalue weighted by molar-refractivity contribution is 0.0274. The SMILES string of the molecule is Cc1cnn(CC2CN(c3cn[nH]c(=O)c3Cl)CCO2)c1. The van der Waals surface area contributed by atoms with E-state index in [9.17, 15) is 4.79 Å². The summed E-state index contributed by atoms with van der Waals surface area (Å²) in [6, 6.07) is 0. The molecule has 2 aromatic rings. The summed E-state index contributed by atoms with van der Waals surface area (Å²) in [6.45, 7) is 4.56. The van der Waals surface area contributed by atoms with Crippen molar-refractivity contribution in [2.45, 2.75) is 19.6 Å². The monoisotopic (exact) mass is 309 g/mol. The third-order valence-electron chi connectivity index (χ3n) is 3.41. The van der Waals surface area contributed by atoms with Crippen molar-refractivity contribution in [1.82, 2.24) is 20.0 Å². The zero-order valence-electron chi connectivity index (χ0n) is 11.6. The molecule has 1 fully saturated rings. The molecule has 0 radical (unpaired) electrons. The summed E-state index contributed by atoms with van der Waals surface area (Å²) in [4.78, 5) is 13.6. The highest BCUT2D eigenvalue weighted by Crippen LogP contribution is 2.23. The van der Waals surface area contributed by atoms with Gasteiger partial charge in [-0.1, -0.05) is 11.6 Å². The highest BCUT2D eigenvalue weighted by molar-refractivity contribution is 6.32. The van der Waals surface area contributed by atoms with E-state index in [-0.39, 0.29) is 16.7 Å². The maximum absolute atomic E-state index is 11.5. The van der Waals surface area contributed by atoms with Gasteiger partial charge in [0.05, 0.1) is 37.3 Å². The number of halogens is 1. The van der Waals surface area contributed by atoms with Crippen LogP contribution >= 0.6 is 11.6 Å². The third kappa shape index (κ3) is 3.08. The molecule has 0 saturated carbocycles. The van der Waals surface area contributed by atoms with Crippen LogP contribution in [0.3, 0.4) is 0 Å². The standard InChI is InChI=1S/C13H16ClN5O2/c1-9-4-16-19(6-9)8-10-7-18(2-3-21-10)11-5-15-17-13(20)12(11)14/h4-6,10H,2-3,7-8H2,1H3,(H,17,20). The predicted octanol–water partition coefficient (Wildman–Crippen LogP) is 0.834. The number of morpholine rings is 1. The quantitative estimate of drug-likeness (QED) is 0.909. The van der Waals surface area contributed by atoms with Gasteiger partial charge < -0.3 is 9.64 Å². The van der Waals surface area contributed by atoms with E-state index in [1.54, 1.807) is 6.20 Å². The minimum absolute atomic E-state index is 0.00611. The molecule has 7 nitrogen and oxygen atoms in total. The van der Waals surface area contributed by atoms with E-state index in [2.05, 4.69) is 15.3 Å². The molecule has 8 heteroatoms. The van der Waals surface area contributed by atoms with E-state index in [0.717, 1.165) is 5.56 Å². The van der Waals surface area contributed by atoms with Gasteiger partial charge in [0.2, 0.25) is 0 Å². The summed E-state index contributed by atoms with van der Waals surface area (Å²) in [6.07, 6.45) is 5.36. The molecule has 0 amide bonds. The van der Waals surface area contributed by atoms with E-state index in [1.807, 2.05) is 28.9 Å². The molecule has 1 unspecified atom stereocenters. The minimum Gasteiger partial charge on any atom is -0.373 e. The normalized spacial score (nSPS) is 19.0. The molecule has 0 bridgehead atoms. The molecule has 0 spiro atoms. The highest BCUT2D eigenvalue weighted by Gasteiger charge is 2.23. The predicted molar refractivity (Wildman–Crippen MR) is 78.8 cm³/mol. The van der Waals surface area contributed by atoms with Gasteiger partial charge in [-0.15, -0.1) is 0 Å². The molecule has 2 aromatic heterocycles. The van der Waals surface area contributed by atoms with Crippen LogP contribution in [0.4, 0.5) is 5.69 Å². The second-order valence-electron chi connectivity index (χ2n) is 5.08. The lowest BCUT2D eigenvalue weighted by atomic mass is 10.2. The van der Waals surface area contributed by atoms with E-state index < -0.39 is 0 Å². The van der Waals surface area contributed by atoms with Crippen molar-refractivity contribution >= 4 is 17.3 Å². The fourth-order valence-corrected chi connectivity index (χ4v) is 2.63. The number of aromatic nitrogens is 4. The average Bonchev–Trinajstić information content (AvgIpc) is 2.87. The van der Waals surface area contributed by atoms with Gasteiger partial charge in [-0.3, -0.25) is 9.48 Å². The Morgan fingerprint density at radius 2 is 2.38 bits per heavy atom. The van der Waals surface area contributed by atoms with Crippen LogP contribution in [-0.2, 0) is 11.3 Å². The molecule has 1 aliphatic rings. The lowest BCUT2D eigenvalue weighted by Crippen LogP contribution is -2.45. The van der Waals surface area contributed by atoms with Crippen molar-refractivity contribution in [1.29, 1.82) is 0 Å². The van der Waals surface area contributed by atoms with Crippen molar-refractivity contribution in [2.75, 3.05) is 24.6 Å². The molecule has 0 aliphatic carbocycles. The summed E-state index contributed by atoms with van der Waals surface area (Å²) >= 11 is 6.05. The van der Waals surface area contributed by atoms with E-state index in [4.69, 9.17) is 16.3 Å². The Morgan fingerprint density at radius 1 is 1.52 bits per heavy atom. The first-order chi connectivity index (χ1) is 10.1. The minimum atomic E-state index is -0.375. The highest BCUT2D eigenvalue weighted by atomic mass is 35.5. The fourth-order valence-electron chi connectivity index (χ4n) is 2.42. The van der Waals surface area contributed by atoms with Crippen LogP contribution in [0.5, 0.6) is 0 Å². The first-order valence-corrected chi connectivity index (χ1v) is 7.10. The Balaban J connectivity index is 1.73. The van der Waals surface area contributed by atoms with Crippen molar-refractivity contribution < 1.29 is 4.74 Å². The second kappa shape index (κ2) is 5.87. The van der Waals surface area contributed by atoms with Crippen LogP contribution < -0.4 is 10.5 Å². The first kappa shape index (κ1) is 14.1. The second-order valence-corrected chi connectivity index (χ2v) is 5.45. The van der Waals surface area contributed by atoms with Crippen LogP contribution in [0.15, 0.2) is 23.4 Å². The number of hydrogen-bond acceptors (Lipinski definition) is 5. The number of aromatic amines is 1. The number of nitrogens with one attached hydrogen (secondary N) is 1. The van der Waals surface area contributed by atoms with Crippen molar-refractivity contribution in [3.8, 4) is 0 Å². The van der Waals surface area contributed by atoms with E-state index in [0.29, 0.717) is 31.9 Å². The molecule has 3 heterocycles. The topological polar surface area (TPSA) is 76.0 Å². The summed E-state index contributed by atoms with van der Waals surface area (Å²) in [5, 5.41) is 10.6. The van der Waals surface area contributed by atoms with Gasteiger partial charge in [0.25, 0.3) is 5.56 Å². The van der Waals surface area contributed by atoms with E-state index in [1.165, 1.54) is 0 Å². The number of rotatable bonds is 3. The molecular formula is C13H16ClN5O2. The van der Waals surface area contributed by atoms with Crippen LogP contribution in [-0.4, -0.2) is 45.8 Å². The maximum atomic E-state index is 11.5. The van der Waals surface area contributed by atoms with Crippen LogP contribution in [0, 0.1) is 6.92 Å². The third-order valence-corrected chi connectivity index (χ3v) is 3.77. The molecule has 1 atom stereocenters. The Kier molecular flexibility index (Phi) is 3.94. The Bertz CT molecular complexity index is 683. The van der Waals surface area contributed by atoms with Crippen molar-refractivity contribution in [3.05, 3.63) is 39.5 Å². The maximum Gasteiger partial charge on any atom is 0.285 e. The zero-order chi connectivity index (χ0) is 14.8. The number of hydrogen-bond donors (Lipinski definition) is 1. The van der Waals surface area contributed by atoms with Gasteiger partial charge in [-0.25, -0.2) is 5.10 Å². The van der Waals surface area contributed by atoms with E-state index >= 15 is 0 Å². The molecule has 3 rings (SSSR count). The molecule has 21 heavy (non-hydrogen) atoms. The first-order valence-electron chi connectivity index (χ1n) is 6.72. The van der Waals surface area contributed by atoms with Crippen LogP contribution in [0.2, 0.25) is 5.02 Å². The Morgan fingerprint density at radius 3 is 3.14 bits per heavy atom. The van der Waals surface area contributed by atoms with Crippen molar-refractivity contribution in [3.63, 3.8) is 0 Å². The number of anilines is 1. The van der Waals surface area contributed by atoms with Gasteiger partial charge in [-0.05, 0) is 12.5 Å². The van der Waals surface area contributed by atoms with Gasteiger partial charge in [-0.2, -0.15) is 10.2 Å². The summed E-state index contributed by atoms with van der Waals surface area (Å²) in [7, 11) is 0. The number of ether oxygens (including phenoxy) is 1. The van der Waals surface area contributed by atoms with Gasteiger partial charge in [0.1, 0.15) is 5.02 Å². The molecule has 1 aliphatic heterocycles. The Hall–Kier alpha value is -1.86. The molecular weight excluding hydrogens is 294 g/mol. The van der Waals surface area contributed by atoms with Gasteiger partial charge in [0.15, 0.2) is 0 Å². The largest absolute Gasteiger partial charge is 0.373 e. The van der Waals surface area contributed by atoms with Crippen LogP contribution in [0.1, 0.15) is 5.56 Å². The Labute approximate surface area is 126 Å². The van der Waals surface area contributed by atoms with Crippen LogP contribution in [0.25, 0.3) is 0 Å². The van der Waals surface area contributed by atoms with Gasteiger partial charge >= 0.3 is 0 Å². The lowest BCUT2D eigenvalue weighted by Gasteiger charge is -2.34. The summed E-state index contributed by atoms with van der Waals surface area (Å²) in [5.74, 6) is 0. The van der Waals surface area contributed by atoms with Gasteiger partial charge in [0, 0.05) is 19.3 Å². The summed E-state index contributed by atoms with van der Waals surface area (Å²) < 4.78 is 7.62. The number of H-pyrrole nitrogens is 1. The van der Waals surface area contributed by atoms with Crippen molar-refractivity contribution in [2.24, 2.45) is 0 Å². The average molecular weight is 310 g/mol. The molecule has 1 saturated heterocycles. The smallest absolute Gasteiger partial charge is 0.285 e. The summed E-state index contributed by atoms with van der Waals surface area (Å²) in [5.41, 5.74) is 1.38. The molecule has 112 valence electrons. The number of nitrogens with zero attached hydrogens (tertiary/aromatic N) is 4. The number of aryl methyl sites for hydroxylation is 1. The fraction of sp³-hybridized carbons (Fsp3) is 0.462. The molecule has 0 aromatic carbocycles.